The Kier molecular flexibility index (Phi) is 8.40. The number of nitrogens with zero attached hydrogens (tertiary/aromatic N) is 1. The van der Waals surface area contributed by atoms with Crippen LogP contribution < -0.4 is 21.3 Å². The fraction of sp³-hybridized carbons (Fsp3) is 0.167. The number of amides is 2. The molecule has 0 spiro atoms. The van der Waals surface area contributed by atoms with Crippen LogP contribution in [0.5, 0.6) is 0 Å². The summed E-state index contributed by atoms with van der Waals surface area (Å²) in [5, 5.41) is 21.5. The number of nitro benzene ring substituents is 1. The van der Waals surface area contributed by atoms with Gasteiger partial charge in [-0.25, -0.2) is 0 Å². The van der Waals surface area contributed by atoms with E-state index in [9.17, 15) is 19.7 Å². The first kappa shape index (κ1) is 24.6. The van der Waals surface area contributed by atoms with E-state index in [2.05, 4.69) is 21.3 Å². The van der Waals surface area contributed by atoms with Gasteiger partial charge in [-0.15, -0.1) is 0 Å². The summed E-state index contributed by atoms with van der Waals surface area (Å²) in [6.07, 6.45) is -1.22. The lowest BCUT2D eigenvalue weighted by Gasteiger charge is -2.27. The van der Waals surface area contributed by atoms with Gasteiger partial charge in [-0.1, -0.05) is 34.8 Å². The SMILES string of the molecule is CC(=O)Nc1ccc(NC(=S)NC(NC(=O)c2ccc([N+](=O)[O-])cc2)C(Cl)(Cl)Cl)cc1. The molecule has 0 fully saturated rings. The van der Waals surface area contributed by atoms with Crippen LogP contribution in [0.2, 0.25) is 0 Å². The first-order valence-corrected chi connectivity index (χ1v) is 10.1. The number of nitro groups is 1. The predicted octanol–water partition coefficient (Wildman–Crippen LogP) is 3.97. The summed E-state index contributed by atoms with van der Waals surface area (Å²) in [6.45, 7) is 1.40. The minimum Gasteiger partial charge on any atom is -0.339 e. The standard InChI is InChI=1S/C18H16Cl3N5O4S/c1-10(27)22-12-4-6-13(7-5-12)23-17(31)25-16(18(19,20)21)24-15(28)11-2-8-14(9-3-11)26(29)30/h2-9,16H,1H3,(H,22,27)(H,24,28)(H2,23,25,31). The van der Waals surface area contributed by atoms with Crippen molar-refractivity contribution in [2.24, 2.45) is 0 Å². The average Bonchev–Trinajstić information content (AvgIpc) is 2.68. The molecular weight excluding hydrogens is 489 g/mol. The zero-order valence-corrected chi connectivity index (χ0v) is 18.9. The van der Waals surface area contributed by atoms with Gasteiger partial charge in [-0.3, -0.25) is 19.7 Å². The van der Waals surface area contributed by atoms with Crippen LogP contribution in [0.3, 0.4) is 0 Å². The number of nitrogens with one attached hydrogen (secondary N) is 4. The predicted molar refractivity (Wildman–Crippen MR) is 125 cm³/mol. The Morgan fingerprint density at radius 3 is 1.94 bits per heavy atom. The largest absolute Gasteiger partial charge is 0.339 e. The highest BCUT2D eigenvalue weighted by atomic mass is 35.6. The first-order chi connectivity index (χ1) is 14.5. The van der Waals surface area contributed by atoms with E-state index in [4.69, 9.17) is 47.0 Å². The van der Waals surface area contributed by atoms with Crippen molar-refractivity contribution in [3.8, 4) is 0 Å². The van der Waals surface area contributed by atoms with E-state index >= 15 is 0 Å². The molecule has 0 aliphatic heterocycles. The van der Waals surface area contributed by atoms with Crippen LogP contribution in [0, 0.1) is 10.1 Å². The smallest absolute Gasteiger partial charge is 0.269 e. The molecule has 164 valence electrons. The Morgan fingerprint density at radius 1 is 0.968 bits per heavy atom. The molecule has 31 heavy (non-hydrogen) atoms. The molecule has 0 aliphatic carbocycles. The lowest BCUT2D eigenvalue weighted by molar-refractivity contribution is -0.384. The molecule has 4 N–H and O–H groups in total. The van der Waals surface area contributed by atoms with Crippen LogP contribution in [0.4, 0.5) is 17.1 Å². The number of carbonyl (C=O) groups excluding carboxylic acids is 2. The number of hydrogen-bond donors (Lipinski definition) is 4. The number of anilines is 2. The number of hydrogen-bond acceptors (Lipinski definition) is 5. The molecule has 0 bridgehead atoms. The molecule has 13 heteroatoms. The van der Waals surface area contributed by atoms with Crippen molar-refractivity contribution in [3.05, 3.63) is 64.2 Å². The quantitative estimate of drug-likeness (QED) is 0.154. The molecule has 2 rings (SSSR count). The molecule has 9 nitrogen and oxygen atoms in total. The molecule has 0 aromatic heterocycles. The van der Waals surface area contributed by atoms with E-state index in [1.54, 1.807) is 24.3 Å². The lowest BCUT2D eigenvalue weighted by Crippen LogP contribution is -2.56. The Balaban J connectivity index is 2.03. The van der Waals surface area contributed by atoms with Crippen molar-refractivity contribution in [2.75, 3.05) is 10.6 Å². The molecule has 1 atom stereocenters. The monoisotopic (exact) mass is 503 g/mol. The van der Waals surface area contributed by atoms with E-state index in [0.29, 0.717) is 11.4 Å². The van der Waals surface area contributed by atoms with Crippen molar-refractivity contribution < 1.29 is 14.5 Å². The average molecular weight is 505 g/mol. The van der Waals surface area contributed by atoms with Gasteiger partial charge in [0.25, 0.3) is 11.6 Å². The third kappa shape index (κ3) is 7.83. The van der Waals surface area contributed by atoms with Crippen LogP contribution in [0.15, 0.2) is 48.5 Å². The second kappa shape index (κ2) is 10.6. The third-order valence-corrected chi connectivity index (χ3v) is 4.56. The number of halogens is 3. The Bertz CT molecular complexity index is 981. The van der Waals surface area contributed by atoms with Crippen molar-refractivity contribution in [1.29, 1.82) is 0 Å². The van der Waals surface area contributed by atoms with Crippen LogP contribution in [-0.2, 0) is 4.79 Å². The van der Waals surface area contributed by atoms with E-state index in [0.717, 1.165) is 0 Å². The molecular formula is C18H16Cl3N5O4S. The van der Waals surface area contributed by atoms with Crippen LogP contribution in [-0.4, -0.2) is 31.8 Å². The van der Waals surface area contributed by atoms with Gasteiger partial charge in [0, 0.05) is 36.0 Å². The molecule has 0 radical (unpaired) electrons. The summed E-state index contributed by atoms with van der Waals surface area (Å²) < 4.78 is -1.97. The van der Waals surface area contributed by atoms with E-state index in [-0.39, 0.29) is 22.3 Å². The van der Waals surface area contributed by atoms with Crippen LogP contribution in [0.25, 0.3) is 0 Å². The second-order valence-electron chi connectivity index (χ2n) is 6.11. The maximum Gasteiger partial charge on any atom is 0.269 e. The van der Waals surface area contributed by atoms with Gasteiger partial charge in [0.15, 0.2) is 5.11 Å². The first-order valence-electron chi connectivity index (χ1n) is 8.53. The van der Waals surface area contributed by atoms with Gasteiger partial charge < -0.3 is 21.3 Å². The summed E-state index contributed by atoms with van der Waals surface area (Å²) in [4.78, 5) is 33.7. The minimum absolute atomic E-state index is 0.0487. The van der Waals surface area contributed by atoms with Crippen LogP contribution in [0.1, 0.15) is 17.3 Å². The number of alkyl halides is 3. The van der Waals surface area contributed by atoms with E-state index < -0.39 is 20.8 Å². The van der Waals surface area contributed by atoms with Gasteiger partial charge in [-0.2, -0.15) is 0 Å². The second-order valence-corrected chi connectivity index (χ2v) is 8.89. The maximum atomic E-state index is 12.5. The number of non-ortho nitro benzene ring substituents is 1. The summed E-state index contributed by atoms with van der Waals surface area (Å²) in [5.74, 6) is -0.839. The summed E-state index contributed by atoms with van der Waals surface area (Å²) in [7, 11) is 0. The molecule has 0 saturated heterocycles. The minimum atomic E-state index is -1.97. The topological polar surface area (TPSA) is 125 Å². The number of carbonyl (C=O) groups is 2. The van der Waals surface area contributed by atoms with Crippen molar-refractivity contribution in [2.45, 2.75) is 16.9 Å². The van der Waals surface area contributed by atoms with Gasteiger partial charge in [-0.05, 0) is 48.6 Å². The highest BCUT2D eigenvalue weighted by molar-refractivity contribution is 7.80. The molecule has 2 aromatic rings. The fourth-order valence-electron chi connectivity index (χ4n) is 2.29. The van der Waals surface area contributed by atoms with Crippen molar-refractivity contribution in [1.82, 2.24) is 10.6 Å². The van der Waals surface area contributed by atoms with Crippen molar-refractivity contribution in [3.63, 3.8) is 0 Å². The summed E-state index contributed by atoms with van der Waals surface area (Å²) >= 11 is 23.1. The molecule has 0 heterocycles. The zero-order valence-electron chi connectivity index (χ0n) is 15.8. The third-order valence-electron chi connectivity index (χ3n) is 3.68. The Morgan fingerprint density at radius 2 is 1.48 bits per heavy atom. The zero-order chi connectivity index (χ0) is 23.2. The van der Waals surface area contributed by atoms with Crippen molar-refractivity contribution >= 4 is 81.0 Å². The van der Waals surface area contributed by atoms with Gasteiger partial charge >= 0.3 is 0 Å². The Labute approximate surface area is 197 Å². The fourth-order valence-corrected chi connectivity index (χ4v) is 2.85. The number of benzene rings is 2. The molecule has 1 unspecified atom stereocenters. The summed E-state index contributed by atoms with van der Waals surface area (Å²) in [6, 6.07) is 11.6. The molecule has 2 amide bonds. The van der Waals surface area contributed by atoms with E-state index in [1.165, 1.54) is 31.2 Å². The maximum absolute atomic E-state index is 12.5. The highest BCUT2D eigenvalue weighted by Gasteiger charge is 2.35. The molecule has 0 aliphatic rings. The van der Waals surface area contributed by atoms with E-state index in [1.807, 2.05) is 0 Å². The van der Waals surface area contributed by atoms with Gasteiger partial charge in [0.05, 0.1) is 4.92 Å². The Hall–Kier alpha value is -2.66. The molecule has 2 aromatic carbocycles. The van der Waals surface area contributed by atoms with Gasteiger partial charge in [0.2, 0.25) is 9.70 Å². The normalized spacial score (nSPS) is 11.7. The lowest BCUT2D eigenvalue weighted by atomic mass is 10.2. The summed E-state index contributed by atoms with van der Waals surface area (Å²) in [5.41, 5.74) is 1.14. The van der Waals surface area contributed by atoms with Crippen LogP contribution >= 0.6 is 47.0 Å². The molecule has 0 saturated carbocycles. The number of thiocarbonyl (C=S) groups is 1. The highest BCUT2D eigenvalue weighted by Crippen LogP contribution is 2.29. The number of rotatable bonds is 6. The van der Waals surface area contributed by atoms with Gasteiger partial charge in [0.1, 0.15) is 6.17 Å².